The lowest BCUT2D eigenvalue weighted by Crippen LogP contribution is -2.24. The van der Waals surface area contributed by atoms with Gasteiger partial charge in [-0.25, -0.2) is 4.98 Å². The van der Waals surface area contributed by atoms with E-state index in [0.717, 1.165) is 34.8 Å². The third kappa shape index (κ3) is 3.12. The van der Waals surface area contributed by atoms with Gasteiger partial charge < -0.3 is 9.88 Å². The minimum absolute atomic E-state index is 0.462. The molecular weight excluding hydrogens is 318 g/mol. The molecule has 0 amide bonds. The predicted molar refractivity (Wildman–Crippen MR) is 83.7 cm³/mol. The van der Waals surface area contributed by atoms with Gasteiger partial charge in [-0.1, -0.05) is 13.8 Å². The first-order chi connectivity index (χ1) is 9.40. The number of hydrogen-bond donors (Lipinski definition) is 1. The number of aromatic nitrogens is 4. The van der Waals surface area contributed by atoms with Gasteiger partial charge in [0, 0.05) is 25.8 Å². The smallest absolute Gasteiger partial charge is 0.106 e. The monoisotopic (exact) mass is 339 g/mol. The van der Waals surface area contributed by atoms with Crippen LogP contribution in [0.15, 0.2) is 10.7 Å². The van der Waals surface area contributed by atoms with Crippen LogP contribution in [-0.2, 0) is 20.1 Å². The van der Waals surface area contributed by atoms with Crippen LogP contribution in [0.4, 0.5) is 0 Å². The fourth-order valence-corrected chi connectivity index (χ4v) is 2.64. The Bertz CT molecular complexity index is 597. The lowest BCUT2D eigenvalue weighted by atomic mass is 10.3. The van der Waals surface area contributed by atoms with Gasteiger partial charge in [0.15, 0.2) is 0 Å². The number of nitrogens with zero attached hydrogens (tertiary/aromatic N) is 4. The van der Waals surface area contributed by atoms with Crippen LogP contribution in [0.25, 0.3) is 0 Å². The van der Waals surface area contributed by atoms with Gasteiger partial charge in [-0.2, -0.15) is 5.10 Å². The molecule has 0 aliphatic rings. The molecule has 0 atom stereocenters. The summed E-state index contributed by atoms with van der Waals surface area (Å²) in [4.78, 5) is 4.43. The van der Waals surface area contributed by atoms with E-state index in [1.807, 2.05) is 31.8 Å². The molecule has 0 fully saturated rings. The molecule has 0 aliphatic carbocycles. The summed E-state index contributed by atoms with van der Waals surface area (Å²) in [6, 6.07) is 0.462. The number of nitrogens with one attached hydrogen (secondary N) is 1. The Kier molecular flexibility index (Phi) is 4.65. The molecule has 0 aromatic carbocycles. The highest BCUT2D eigenvalue weighted by molar-refractivity contribution is 9.10. The van der Waals surface area contributed by atoms with E-state index in [9.17, 15) is 0 Å². The van der Waals surface area contributed by atoms with E-state index < -0.39 is 0 Å². The number of rotatable bonds is 5. The average Bonchev–Trinajstić information content (AvgIpc) is 2.83. The van der Waals surface area contributed by atoms with E-state index in [-0.39, 0.29) is 0 Å². The lowest BCUT2D eigenvalue weighted by molar-refractivity contribution is 0.554. The summed E-state index contributed by atoms with van der Waals surface area (Å²) in [6.07, 6.45) is 1.95. The summed E-state index contributed by atoms with van der Waals surface area (Å²) in [6.45, 7) is 9.95. The summed E-state index contributed by atoms with van der Waals surface area (Å²) in [5, 5.41) is 7.89. The minimum Gasteiger partial charge on any atom is -0.325 e. The van der Waals surface area contributed by atoms with Gasteiger partial charge in [0.25, 0.3) is 0 Å². The average molecular weight is 340 g/mol. The van der Waals surface area contributed by atoms with Crippen molar-refractivity contribution in [1.29, 1.82) is 0 Å². The fraction of sp³-hybridized carbons (Fsp3) is 0.571. The van der Waals surface area contributed by atoms with E-state index in [2.05, 4.69) is 49.7 Å². The molecule has 2 rings (SSSR count). The highest BCUT2D eigenvalue weighted by Crippen LogP contribution is 2.22. The van der Waals surface area contributed by atoms with Crippen molar-refractivity contribution in [2.45, 2.75) is 46.8 Å². The second-order valence-electron chi connectivity index (χ2n) is 5.39. The van der Waals surface area contributed by atoms with Gasteiger partial charge in [0.1, 0.15) is 5.82 Å². The van der Waals surface area contributed by atoms with Crippen LogP contribution >= 0.6 is 15.9 Å². The Hall–Kier alpha value is -1.14. The lowest BCUT2D eigenvalue weighted by Gasteiger charge is -2.13. The summed E-state index contributed by atoms with van der Waals surface area (Å²) in [5.41, 5.74) is 3.37. The minimum atomic E-state index is 0.462. The molecule has 0 bridgehead atoms. The summed E-state index contributed by atoms with van der Waals surface area (Å²) in [7, 11) is 1.98. The molecule has 2 aromatic heterocycles. The Labute approximate surface area is 128 Å². The SMILES string of the molecule is Cc1nn(C)c(Cn2c(CNC(C)C)cnc2C)c1Br. The van der Waals surface area contributed by atoms with Crippen molar-refractivity contribution in [3.8, 4) is 0 Å². The molecule has 0 unspecified atom stereocenters. The zero-order chi connectivity index (χ0) is 14.9. The van der Waals surface area contributed by atoms with E-state index in [0.29, 0.717) is 6.04 Å². The van der Waals surface area contributed by atoms with Gasteiger partial charge in [0.2, 0.25) is 0 Å². The third-order valence-electron chi connectivity index (χ3n) is 3.40. The molecule has 0 saturated carbocycles. The second kappa shape index (κ2) is 6.10. The van der Waals surface area contributed by atoms with Crippen LogP contribution in [0.1, 0.15) is 36.8 Å². The topological polar surface area (TPSA) is 47.7 Å². The largest absolute Gasteiger partial charge is 0.325 e. The van der Waals surface area contributed by atoms with Crippen LogP contribution in [0.5, 0.6) is 0 Å². The van der Waals surface area contributed by atoms with Crippen LogP contribution in [0, 0.1) is 13.8 Å². The Morgan fingerprint density at radius 3 is 2.60 bits per heavy atom. The summed E-state index contributed by atoms with van der Waals surface area (Å²) < 4.78 is 5.24. The van der Waals surface area contributed by atoms with Crippen LogP contribution < -0.4 is 5.32 Å². The molecule has 0 saturated heterocycles. The van der Waals surface area contributed by atoms with Crippen LogP contribution in [0.2, 0.25) is 0 Å². The quantitative estimate of drug-likeness (QED) is 0.910. The Morgan fingerprint density at radius 2 is 2.05 bits per heavy atom. The standard InChI is InChI=1S/C14H22BrN5/c1-9(2)16-6-12-7-17-11(4)20(12)8-13-14(15)10(3)18-19(13)5/h7,9,16H,6,8H2,1-5H3. The normalized spacial score (nSPS) is 11.6. The summed E-state index contributed by atoms with van der Waals surface area (Å²) >= 11 is 3.63. The zero-order valence-corrected chi connectivity index (χ0v) is 14.3. The third-order valence-corrected chi connectivity index (χ3v) is 4.43. The van der Waals surface area contributed by atoms with Gasteiger partial charge in [-0.15, -0.1) is 0 Å². The van der Waals surface area contributed by atoms with E-state index in [1.54, 1.807) is 0 Å². The first-order valence-electron chi connectivity index (χ1n) is 6.82. The molecule has 0 spiro atoms. The van der Waals surface area contributed by atoms with E-state index >= 15 is 0 Å². The highest BCUT2D eigenvalue weighted by atomic mass is 79.9. The predicted octanol–water partition coefficient (Wildman–Crippen LogP) is 2.54. The van der Waals surface area contributed by atoms with Crippen molar-refractivity contribution in [3.63, 3.8) is 0 Å². The van der Waals surface area contributed by atoms with Crippen molar-refractivity contribution in [1.82, 2.24) is 24.6 Å². The maximum atomic E-state index is 4.45. The Balaban J connectivity index is 2.26. The van der Waals surface area contributed by atoms with Crippen molar-refractivity contribution in [2.75, 3.05) is 0 Å². The molecule has 20 heavy (non-hydrogen) atoms. The van der Waals surface area contributed by atoms with Crippen molar-refractivity contribution >= 4 is 15.9 Å². The molecular formula is C14H22BrN5. The van der Waals surface area contributed by atoms with Crippen molar-refractivity contribution in [2.24, 2.45) is 7.05 Å². The van der Waals surface area contributed by atoms with Crippen molar-refractivity contribution < 1.29 is 0 Å². The number of halogens is 1. The number of hydrogen-bond acceptors (Lipinski definition) is 3. The van der Waals surface area contributed by atoms with Crippen LogP contribution in [0.3, 0.4) is 0 Å². The van der Waals surface area contributed by atoms with Gasteiger partial charge in [0.05, 0.1) is 28.1 Å². The van der Waals surface area contributed by atoms with Crippen molar-refractivity contribution in [3.05, 3.63) is 33.6 Å². The molecule has 6 heteroatoms. The van der Waals surface area contributed by atoms with Crippen LogP contribution in [-0.4, -0.2) is 25.4 Å². The number of imidazole rings is 1. The first-order valence-corrected chi connectivity index (χ1v) is 7.61. The van der Waals surface area contributed by atoms with Gasteiger partial charge >= 0.3 is 0 Å². The first kappa shape index (κ1) is 15.3. The van der Waals surface area contributed by atoms with Gasteiger partial charge in [-0.05, 0) is 29.8 Å². The fourth-order valence-electron chi connectivity index (χ4n) is 2.18. The highest BCUT2D eigenvalue weighted by Gasteiger charge is 2.14. The van der Waals surface area contributed by atoms with Gasteiger partial charge in [-0.3, -0.25) is 4.68 Å². The number of aryl methyl sites for hydroxylation is 3. The molecule has 1 N–H and O–H groups in total. The molecule has 0 radical (unpaired) electrons. The maximum Gasteiger partial charge on any atom is 0.106 e. The molecule has 2 aromatic rings. The maximum absolute atomic E-state index is 4.45. The summed E-state index contributed by atoms with van der Waals surface area (Å²) in [5.74, 6) is 1.02. The zero-order valence-electron chi connectivity index (χ0n) is 12.7. The van der Waals surface area contributed by atoms with E-state index in [1.165, 1.54) is 5.69 Å². The van der Waals surface area contributed by atoms with E-state index in [4.69, 9.17) is 0 Å². The second-order valence-corrected chi connectivity index (χ2v) is 6.18. The molecule has 110 valence electrons. The molecule has 0 aliphatic heterocycles. The molecule has 5 nitrogen and oxygen atoms in total. The molecule has 2 heterocycles. The Morgan fingerprint density at radius 1 is 1.35 bits per heavy atom.